The molecule has 0 spiro atoms. The first-order valence-corrected chi connectivity index (χ1v) is 30.1. The van der Waals surface area contributed by atoms with E-state index in [0.717, 1.165) is 44.9 Å². The van der Waals surface area contributed by atoms with Gasteiger partial charge in [0.2, 0.25) is 5.91 Å². The maximum Gasteiger partial charge on any atom is 0.305 e. The molecule has 0 bridgehead atoms. The Balaban J connectivity index is 3.45. The number of carbonyl (C=O) groups is 2. The highest BCUT2D eigenvalue weighted by atomic mass is 16.5. The minimum Gasteiger partial charge on any atom is -0.466 e. The molecule has 2 unspecified atom stereocenters. The smallest absolute Gasteiger partial charge is 0.305 e. The van der Waals surface area contributed by atoms with E-state index in [1.54, 1.807) is 0 Å². The summed E-state index contributed by atoms with van der Waals surface area (Å²) in [4.78, 5) is 24.5. The number of ether oxygens (including phenoxy) is 1. The van der Waals surface area contributed by atoms with Crippen LogP contribution in [0.1, 0.15) is 328 Å². The first kappa shape index (κ1) is 65.3. The molecule has 6 nitrogen and oxygen atoms in total. The molecule has 0 rings (SSSR count). The standard InChI is InChI=1S/C61H117NO5/c1-3-5-7-9-11-13-15-16-17-27-30-34-37-41-45-49-53-59(64)58(57-63)62-60(65)54-50-46-42-38-35-31-28-25-23-21-19-18-20-22-24-26-29-32-36-40-44-48-52-56-67-61(66)55-51-47-43-39-33-14-12-10-8-6-4-2/h18,20-21,23,58-59,63-64H,3-17,19,22,24-57H2,1-2H3,(H,62,65)/b20-18-,23-21-. The van der Waals surface area contributed by atoms with Crippen LogP contribution in [-0.2, 0) is 14.3 Å². The molecule has 67 heavy (non-hydrogen) atoms. The van der Waals surface area contributed by atoms with Crippen molar-refractivity contribution in [2.75, 3.05) is 13.2 Å². The van der Waals surface area contributed by atoms with Crippen molar-refractivity contribution in [1.29, 1.82) is 0 Å². The van der Waals surface area contributed by atoms with Crippen molar-refractivity contribution in [2.24, 2.45) is 0 Å². The molecule has 0 aliphatic carbocycles. The molecule has 6 heteroatoms. The van der Waals surface area contributed by atoms with Gasteiger partial charge in [-0.1, -0.05) is 282 Å². The number of aliphatic hydroxyl groups excluding tert-OH is 2. The van der Waals surface area contributed by atoms with Gasteiger partial charge in [-0.15, -0.1) is 0 Å². The third kappa shape index (κ3) is 53.5. The number of unbranched alkanes of at least 4 members (excludes halogenated alkanes) is 41. The van der Waals surface area contributed by atoms with E-state index in [0.29, 0.717) is 25.9 Å². The van der Waals surface area contributed by atoms with Crippen LogP contribution in [0.2, 0.25) is 0 Å². The molecular formula is C61H117NO5. The van der Waals surface area contributed by atoms with E-state index in [1.807, 2.05) is 0 Å². The maximum atomic E-state index is 12.5. The first-order chi connectivity index (χ1) is 33.0. The molecule has 0 saturated heterocycles. The van der Waals surface area contributed by atoms with Crippen molar-refractivity contribution in [1.82, 2.24) is 5.32 Å². The van der Waals surface area contributed by atoms with Crippen LogP contribution in [0.5, 0.6) is 0 Å². The summed E-state index contributed by atoms with van der Waals surface area (Å²) in [5.74, 6) is -0.0365. The lowest BCUT2D eigenvalue weighted by atomic mass is 10.0. The molecule has 0 aromatic rings. The van der Waals surface area contributed by atoms with E-state index in [9.17, 15) is 19.8 Å². The number of hydrogen-bond acceptors (Lipinski definition) is 5. The summed E-state index contributed by atoms with van der Waals surface area (Å²) < 4.78 is 5.46. The molecular weight excluding hydrogens is 827 g/mol. The number of esters is 1. The number of hydrogen-bond donors (Lipinski definition) is 3. The fourth-order valence-electron chi connectivity index (χ4n) is 9.38. The van der Waals surface area contributed by atoms with Crippen molar-refractivity contribution >= 4 is 11.9 Å². The first-order valence-electron chi connectivity index (χ1n) is 30.1. The number of aliphatic hydroxyl groups is 2. The van der Waals surface area contributed by atoms with Crippen LogP contribution in [-0.4, -0.2) is 47.4 Å². The van der Waals surface area contributed by atoms with Crippen molar-refractivity contribution in [3.8, 4) is 0 Å². The second-order valence-corrected chi connectivity index (χ2v) is 20.7. The van der Waals surface area contributed by atoms with Gasteiger partial charge in [0.25, 0.3) is 0 Å². The van der Waals surface area contributed by atoms with Gasteiger partial charge < -0.3 is 20.3 Å². The van der Waals surface area contributed by atoms with E-state index < -0.39 is 12.1 Å². The molecule has 1 amide bonds. The second kappa shape index (κ2) is 56.9. The monoisotopic (exact) mass is 944 g/mol. The van der Waals surface area contributed by atoms with Crippen LogP contribution in [0.4, 0.5) is 0 Å². The summed E-state index contributed by atoms with van der Waals surface area (Å²) in [6.07, 6.45) is 68.9. The van der Waals surface area contributed by atoms with Gasteiger partial charge in [0, 0.05) is 12.8 Å². The molecule has 0 radical (unpaired) electrons. The number of allylic oxidation sites excluding steroid dienone is 4. The van der Waals surface area contributed by atoms with Crippen LogP contribution in [0.15, 0.2) is 24.3 Å². The largest absolute Gasteiger partial charge is 0.466 e. The number of carbonyl (C=O) groups excluding carboxylic acids is 2. The van der Waals surface area contributed by atoms with Crippen molar-refractivity contribution in [2.45, 2.75) is 341 Å². The Morgan fingerprint density at radius 3 is 1.13 bits per heavy atom. The van der Waals surface area contributed by atoms with Gasteiger partial charge in [0.15, 0.2) is 0 Å². The van der Waals surface area contributed by atoms with Gasteiger partial charge in [0.1, 0.15) is 0 Å². The summed E-state index contributed by atoms with van der Waals surface area (Å²) in [5.41, 5.74) is 0. The highest BCUT2D eigenvalue weighted by molar-refractivity contribution is 5.76. The Morgan fingerprint density at radius 2 is 0.746 bits per heavy atom. The Hall–Kier alpha value is -1.66. The molecule has 0 fully saturated rings. The quantitative estimate of drug-likeness (QED) is 0.0321. The topological polar surface area (TPSA) is 95.9 Å². The molecule has 0 aromatic heterocycles. The summed E-state index contributed by atoms with van der Waals surface area (Å²) in [6, 6.07) is -0.549. The fraction of sp³-hybridized carbons (Fsp3) is 0.902. The molecule has 0 aliphatic heterocycles. The van der Waals surface area contributed by atoms with E-state index in [1.165, 1.54) is 250 Å². The predicted molar refractivity (Wildman–Crippen MR) is 292 cm³/mol. The predicted octanol–water partition coefficient (Wildman–Crippen LogP) is 18.6. The Bertz CT molecular complexity index is 1040. The molecule has 0 heterocycles. The van der Waals surface area contributed by atoms with E-state index in [4.69, 9.17) is 4.74 Å². The zero-order chi connectivity index (χ0) is 48.6. The average Bonchev–Trinajstić information content (AvgIpc) is 3.33. The van der Waals surface area contributed by atoms with Gasteiger partial charge in [0.05, 0.1) is 25.4 Å². The number of amides is 1. The SMILES string of the molecule is CCCCCCCCCCCCCCCCCCC(O)C(CO)NC(=O)CCCCCCCCC/C=C\C/C=C\CCCCCCCCCCCOC(=O)CCCCCCCCCCCCC. The van der Waals surface area contributed by atoms with Gasteiger partial charge in [-0.2, -0.15) is 0 Å². The van der Waals surface area contributed by atoms with Gasteiger partial charge in [-0.25, -0.2) is 0 Å². The van der Waals surface area contributed by atoms with Crippen LogP contribution in [0.25, 0.3) is 0 Å². The molecule has 2 atom stereocenters. The maximum absolute atomic E-state index is 12.5. The Labute approximate surface area is 418 Å². The Morgan fingerprint density at radius 1 is 0.418 bits per heavy atom. The third-order valence-corrected chi connectivity index (χ3v) is 14.0. The lowest BCUT2D eigenvalue weighted by Gasteiger charge is -2.22. The summed E-state index contributed by atoms with van der Waals surface area (Å²) in [6.45, 7) is 4.96. The zero-order valence-electron chi connectivity index (χ0n) is 45.1. The molecule has 0 aromatic carbocycles. The van der Waals surface area contributed by atoms with Crippen molar-refractivity contribution in [3.05, 3.63) is 24.3 Å². The minimum atomic E-state index is -0.670. The zero-order valence-corrected chi connectivity index (χ0v) is 45.1. The van der Waals surface area contributed by atoms with Gasteiger partial charge >= 0.3 is 5.97 Å². The van der Waals surface area contributed by atoms with Crippen molar-refractivity contribution < 1.29 is 24.5 Å². The summed E-state index contributed by atoms with van der Waals surface area (Å²) in [5, 5.41) is 23.3. The summed E-state index contributed by atoms with van der Waals surface area (Å²) in [7, 11) is 0. The van der Waals surface area contributed by atoms with Crippen LogP contribution < -0.4 is 5.32 Å². The minimum absolute atomic E-state index is 0.00697. The van der Waals surface area contributed by atoms with E-state index in [2.05, 4.69) is 43.5 Å². The lowest BCUT2D eigenvalue weighted by molar-refractivity contribution is -0.143. The van der Waals surface area contributed by atoms with Crippen LogP contribution in [0, 0.1) is 0 Å². The number of rotatable bonds is 56. The lowest BCUT2D eigenvalue weighted by Crippen LogP contribution is -2.45. The molecule has 0 saturated carbocycles. The third-order valence-electron chi connectivity index (χ3n) is 14.0. The van der Waals surface area contributed by atoms with Crippen molar-refractivity contribution in [3.63, 3.8) is 0 Å². The molecule has 0 aliphatic rings. The summed E-state index contributed by atoms with van der Waals surface area (Å²) >= 11 is 0. The highest BCUT2D eigenvalue weighted by Gasteiger charge is 2.20. The van der Waals surface area contributed by atoms with E-state index in [-0.39, 0.29) is 18.5 Å². The normalized spacial score (nSPS) is 12.7. The van der Waals surface area contributed by atoms with Crippen LogP contribution >= 0.6 is 0 Å². The average molecular weight is 945 g/mol. The van der Waals surface area contributed by atoms with Gasteiger partial charge in [-0.05, 0) is 57.8 Å². The molecule has 3 N–H and O–H groups in total. The Kier molecular flexibility index (Phi) is 55.5. The fourth-order valence-corrected chi connectivity index (χ4v) is 9.38. The highest BCUT2D eigenvalue weighted by Crippen LogP contribution is 2.17. The number of nitrogens with one attached hydrogen (secondary N) is 1. The van der Waals surface area contributed by atoms with E-state index >= 15 is 0 Å². The van der Waals surface area contributed by atoms with Crippen LogP contribution in [0.3, 0.4) is 0 Å². The second-order valence-electron chi connectivity index (χ2n) is 20.7. The molecule has 396 valence electrons. The van der Waals surface area contributed by atoms with Gasteiger partial charge in [-0.3, -0.25) is 9.59 Å².